The summed E-state index contributed by atoms with van der Waals surface area (Å²) >= 11 is 0. The molecule has 0 spiro atoms. The lowest BCUT2D eigenvalue weighted by atomic mass is 10.3. The SMILES string of the molecule is CC/C(N)=C/N(N)c1cc([N+](=O)[O-])cnc1C. The number of anilines is 1. The van der Waals surface area contributed by atoms with Crippen molar-refractivity contribution in [1.29, 1.82) is 0 Å². The van der Waals surface area contributed by atoms with E-state index in [9.17, 15) is 10.1 Å². The number of aromatic nitrogens is 1. The van der Waals surface area contributed by atoms with E-state index in [0.29, 0.717) is 23.5 Å². The molecule has 4 N–H and O–H groups in total. The quantitative estimate of drug-likeness (QED) is 0.462. The average Bonchev–Trinajstić information content (AvgIpc) is 2.28. The molecule has 0 radical (unpaired) electrons. The van der Waals surface area contributed by atoms with E-state index in [1.807, 2.05) is 6.92 Å². The Morgan fingerprint density at radius 3 is 2.88 bits per heavy atom. The molecule has 1 aromatic heterocycles. The normalized spacial score (nSPS) is 11.4. The fourth-order valence-electron chi connectivity index (χ4n) is 1.21. The van der Waals surface area contributed by atoms with Gasteiger partial charge in [-0.1, -0.05) is 6.92 Å². The van der Waals surface area contributed by atoms with Crippen LogP contribution in [0, 0.1) is 17.0 Å². The highest BCUT2D eigenvalue weighted by Crippen LogP contribution is 2.22. The van der Waals surface area contributed by atoms with Crippen LogP contribution in [-0.2, 0) is 0 Å². The van der Waals surface area contributed by atoms with Crippen LogP contribution < -0.4 is 16.6 Å². The predicted molar refractivity (Wildman–Crippen MR) is 64.9 cm³/mol. The lowest BCUT2D eigenvalue weighted by molar-refractivity contribution is -0.385. The van der Waals surface area contributed by atoms with Gasteiger partial charge in [0.2, 0.25) is 0 Å². The van der Waals surface area contributed by atoms with E-state index in [1.54, 1.807) is 6.92 Å². The van der Waals surface area contributed by atoms with Crippen LogP contribution in [0.5, 0.6) is 0 Å². The molecule has 0 amide bonds. The molecular formula is C10H15N5O2. The van der Waals surface area contributed by atoms with E-state index in [2.05, 4.69) is 4.98 Å². The minimum absolute atomic E-state index is 0.107. The van der Waals surface area contributed by atoms with Crippen molar-refractivity contribution < 1.29 is 4.92 Å². The van der Waals surface area contributed by atoms with Gasteiger partial charge in [0.15, 0.2) is 0 Å². The number of hydrazine groups is 1. The molecule has 17 heavy (non-hydrogen) atoms. The number of hydrogen-bond acceptors (Lipinski definition) is 6. The fraction of sp³-hybridized carbons (Fsp3) is 0.300. The minimum Gasteiger partial charge on any atom is -0.401 e. The van der Waals surface area contributed by atoms with Crippen molar-refractivity contribution in [3.63, 3.8) is 0 Å². The van der Waals surface area contributed by atoms with Gasteiger partial charge in [0.25, 0.3) is 5.69 Å². The maximum absolute atomic E-state index is 10.6. The van der Waals surface area contributed by atoms with Gasteiger partial charge in [0.05, 0.1) is 16.3 Å². The van der Waals surface area contributed by atoms with E-state index in [-0.39, 0.29) is 5.69 Å². The van der Waals surface area contributed by atoms with Crippen molar-refractivity contribution in [2.45, 2.75) is 20.3 Å². The summed E-state index contributed by atoms with van der Waals surface area (Å²) < 4.78 is 0. The third-order valence-corrected chi connectivity index (χ3v) is 2.25. The van der Waals surface area contributed by atoms with Crippen molar-refractivity contribution in [3.8, 4) is 0 Å². The van der Waals surface area contributed by atoms with Crippen LogP contribution in [0.1, 0.15) is 19.0 Å². The van der Waals surface area contributed by atoms with Crippen LogP contribution in [0.4, 0.5) is 11.4 Å². The van der Waals surface area contributed by atoms with Gasteiger partial charge in [0, 0.05) is 18.0 Å². The largest absolute Gasteiger partial charge is 0.401 e. The highest BCUT2D eigenvalue weighted by atomic mass is 16.6. The number of hydrogen-bond donors (Lipinski definition) is 2. The summed E-state index contributed by atoms with van der Waals surface area (Å²) in [7, 11) is 0. The number of pyridine rings is 1. The molecule has 7 nitrogen and oxygen atoms in total. The first-order valence-electron chi connectivity index (χ1n) is 5.06. The molecule has 1 aromatic rings. The summed E-state index contributed by atoms with van der Waals surface area (Å²) in [6, 6.07) is 1.36. The second-order valence-corrected chi connectivity index (χ2v) is 3.52. The van der Waals surface area contributed by atoms with Crippen LogP contribution in [0.25, 0.3) is 0 Å². The van der Waals surface area contributed by atoms with Crippen molar-refractivity contribution >= 4 is 11.4 Å². The van der Waals surface area contributed by atoms with E-state index in [1.165, 1.54) is 23.5 Å². The van der Waals surface area contributed by atoms with E-state index >= 15 is 0 Å². The number of allylic oxidation sites excluding steroid dienone is 1. The van der Waals surface area contributed by atoms with Crippen molar-refractivity contribution in [3.05, 3.63) is 40.0 Å². The van der Waals surface area contributed by atoms with Gasteiger partial charge in [-0.3, -0.25) is 20.1 Å². The number of nitro groups is 1. The first-order chi connectivity index (χ1) is 7.95. The molecule has 0 aliphatic rings. The van der Waals surface area contributed by atoms with Gasteiger partial charge in [-0.25, -0.2) is 5.84 Å². The Morgan fingerprint density at radius 1 is 1.71 bits per heavy atom. The van der Waals surface area contributed by atoms with E-state index in [0.717, 1.165) is 0 Å². The Bertz CT molecular complexity index is 458. The van der Waals surface area contributed by atoms with Crippen LogP contribution in [0.2, 0.25) is 0 Å². The molecule has 1 rings (SSSR count). The molecule has 0 saturated carbocycles. The van der Waals surface area contributed by atoms with E-state index in [4.69, 9.17) is 11.6 Å². The highest BCUT2D eigenvalue weighted by molar-refractivity contribution is 5.56. The van der Waals surface area contributed by atoms with Crippen LogP contribution >= 0.6 is 0 Å². The molecule has 0 atom stereocenters. The highest BCUT2D eigenvalue weighted by Gasteiger charge is 2.12. The maximum atomic E-state index is 10.6. The molecule has 0 unspecified atom stereocenters. The smallest absolute Gasteiger partial charge is 0.289 e. The Balaban J connectivity index is 3.12. The molecule has 92 valence electrons. The topological polar surface area (TPSA) is 111 Å². The second kappa shape index (κ2) is 5.26. The zero-order chi connectivity index (χ0) is 13.0. The number of nitrogens with zero attached hydrogens (tertiary/aromatic N) is 3. The van der Waals surface area contributed by atoms with Gasteiger partial charge in [-0.15, -0.1) is 0 Å². The average molecular weight is 237 g/mol. The Labute approximate surface area is 98.8 Å². The second-order valence-electron chi connectivity index (χ2n) is 3.52. The van der Waals surface area contributed by atoms with Crippen LogP contribution in [0.15, 0.2) is 24.2 Å². The Hall–Kier alpha value is -2.15. The lowest BCUT2D eigenvalue weighted by Gasteiger charge is -2.16. The molecule has 1 heterocycles. The van der Waals surface area contributed by atoms with Gasteiger partial charge in [0.1, 0.15) is 6.20 Å². The molecule has 0 aliphatic heterocycles. The summed E-state index contributed by atoms with van der Waals surface area (Å²) in [5, 5.41) is 11.9. The first-order valence-corrected chi connectivity index (χ1v) is 5.06. The summed E-state index contributed by atoms with van der Waals surface area (Å²) in [5.74, 6) is 5.76. The van der Waals surface area contributed by atoms with Crippen molar-refractivity contribution in [2.75, 3.05) is 5.01 Å². The monoisotopic (exact) mass is 237 g/mol. The summed E-state index contributed by atoms with van der Waals surface area (Å²) in [5.41, 5.74) is 7.17. The standard InChI is InChI=1S/C10H15N5O2/c1-3-8(11)6-14(12)10-4-9(15(16)17)5-13-7(10)2/h4-6H,3,11-12H2,1-2H3/b8-6-. The van der Waals surface area contributed by atoms with Crippen LogP contribution in [0.3, 0.4) is 0 Å². The van der Waals surface area contributed by atoms with Gasteiger partial charge < -0.3 is 5.73 Å². The van der Waals surface area contributed by atoms with Gasteiger partial charge >= 0.3 is 0 Å². The molecule has 0 fully saturated rings. The molecule has 0 aliphatic carbocycles. The zero-order valence-corrected chi connectivity index (χ0v) is 9.75. The number of rotatable bonds is 4. The summed E-state index contributed by atoms with van der Waals surface area (Å²) in [6.07, 6.45) is 3.36. The van der Waals surface area contributed by atoms with Crippen molar-refractivity contribution in [1.82, 2.24) is 4.98 Å². The summed E-state index contributed by atoms with van der Waals surface area (Å²) in [4.78, 5) is 14.0. The van der Waals surface area contributed by atoms with Crippen LogP contribution in [-0.4, -0.2) is 9.91 Å². The van der Waals surface area contributed by atoms with Gasteiger partial charge in [-0.05, 0) is 13.3 Å². The lowest BCUT2D eigenvalue weighted by Crippen LogP contribution is -2.27. The third kappa shape index (κ3) is 3.15. The summed E-state index contributed by atoms with van der Waals surface area (Å²) in [6.45, 7) is 3.60. The van der Waals surface area contributed by atoms with E-state index < -0.39 is 4.92 Å². The third-order valence-electron chi connectivity index (χ3n) is 2.25. The molecule has 0 aromatic carbocycles. The molecule has 7 heteroatoms. The predicted octanol–water partition coefficient (Wildman–Crippen LogP) is 1.19. The minimum atomic E-state index is -0.517. The Morgan fingerprint density at radius 2 is 2.35 bits per heavy atom. The molecule has 0 bridgehead atoms. The zero-order valence-electron chi connectivity index (χ0n) is 9.75. The maximum Gasteiger partial charge on any atom is 0.289 e. The number of nitrogens with two attached hydrogens (primary N) is 2. The van der Waals surface area contributed by atoms with Gasteiger partial charge in [-0.2, -0.15) is 0 Å². The van der Waals surface area contributed by atoms with Crippen molar-refractivity contribution in [2.24, 2.45) is 11.6 Å². The fourth-order valence-corrected chi connectivity index (χ4v) is 1.21. The molecule has 0 saturated heterocycles. The molecular weight excluding hydrogens is 222 g/mol. The number of aryl methyl sites for hydroxylation is 1. The first kappa shape index (κ1) is 12.9. The Kier molecular flexibility index (Phi) is 4.00.